The Bertz CT molecular complexity index is 736. The van der Waals surface area contributed by atoms with Crippen LogP contribution in [0.15, 0.2) is 54.6 Å². The molecule has 6 heteroatoms. The molecule has 2 aromatic carbocycles. The van der Waals surface area contributed by atoms with Crippen molar-refractivity contribution in [2.24, 2.45) is 0 Å². The Kier molecular flexibility index (Phi) is 4.74. The number of halogens is 1. The van der Waals surface area contributed by atoms with Crippen LogP contribution in [0.3, 0.4) is 0 Å². The van der Waals surface area contributed by atoms with Crippen molar-refractivity contribution in [1.29, 1.82) is 0 Å². The zero-order valence-electron chi connectivity index (χ0n) is 12.9. The largest absolute Gasteiger partial charge is 0.445 e. The number of carbonyl (C=O) groups excluding carboxylic acids is 2. The van der Waals surface area contributed by atoms with E-state index in [4.69, 9.17) is 4.74 Å². The third kappa shape index (κ3) is 3.71. The van der Waals surface area contributed by atoms with Crippen molar-refractivity contribution in [1.82, 2.24) is 10.6 Å². The first kappa shape index (κ1) is 16.0. The molecule has 1 fully saturated rings. The van der Waals surface area contributed by atoms with E-state index >= 15 is 0 Å². The Morgan fingerprint density at radius 2 is 1.88 bits per heavy atom. The molecule has 0 saturated carbocycles. The molecule has 1 saturated heterocycles. The molecule has 2 N–H and O–H groups in total. The number of hydrogen-bond donors (Lipinski definition) is 2. The zero-order chi connectivity index (χ0) is 16.9. The number of nitrogens with one attached hydrogen (secondary N) is 2. The fraction of sp³-hybridized carbons (Fsp3) is 0.222. The number of alkyl carbamates (subject to hydrolysis) is 1. The molecule has 0 aliphatic carbocycles. The fourth-order valence-corrected chi connectivity index (χ4v) is 2.72. The molecule has 1 heterocycles. The van der Waals surface area contributed by atoms with Gasteiger partial charge in [-0.05, 0) is 11.6 Å². The Morgan fingerprint density at radius 3 is 2.62 bits per heavy atom. The summed E-state index contributed by atoms with van der Waals surface area (Å²) in [6.07, 6.45) is -0.555. The molecule has 0 spiro atoms. The number of hydrogen-bond acceptors (Lipinski definition) is 3. The second-order valence-corrected chi connectivity index (χ2v) is 5.58. The van der Waals surface area contributed by atoms with E-state index < -0.39 is 24.0 Å². The van der Waals surface area contributed by atoms with Crippen LogP contribution in [0, 0.1) is 5.82 Å². The maximum atomic E-state index is 14.0. The van der Waals surface area contributed by atoms with E-state index in [9.17, 15) is 14.0 Å². The zero-order valence-corrected chi connectivity index (χ0v) is 12.9. The van der Waals surface area contributed by atoms with Crippen LogP contribution in [-0.2, 0) is 16.1 Å². The fourth-order valence-electron chi connectivity index (χ4n) is 2.72. The normalized spacial score (nSPS) is 19.6. The molecule has 2 amide bonds. The van der Waals surface area contributed by atoms with Crippen LogP contribution in [0.1, 0.15) is 23.6 Å². The molecular weight excluding hydrogens is 311 g/mol. The third-order valence-corrected chi connectivity index (χ3v) is 3.88. The van der Waals surface area contributed by atoms with Gasteiger partial charge in [0.05, 0.1) is 12.1 Å². The van der Waals surface area contributed by atoms with Gasteiger partial charge in [0.1, 0.15) is 12.4 Å². The average molecular weight is 328 g/mol. The van der Waals surface area contributed by atoms with Crippen LogP contribution in [0.5, 0.6) is 0 Å². The van der Waals surface area contributed by atoms with E-state index in [0.29, 0.717) is 5.56 Å². The summed E-state index contributed by atoms with van der Waals surface area (Å²) in [6, 6.07) is 14.3. The molecule has 2 unspecified atom stereocenters. The lowest BCUT2D eigenvalue weighted by Gasteiger charge is -2.20. The standard InChI is InChI=1S/C18H17FN2O3/c19-14-9-5-4-8-13(14)17-15(10-16(22)21-17)20-18(23)24-11-12-6-2-1-3-7-12/h1-9,15,17H,10-11H2,(H,20,23)(H,21,22). The summed E-state index contributed by atoms with van der Waals surface area (Å²) in [5.41, 5.74) is 1.20. The van der Waals surface area contributed by atoms with Gasteiger partial charge in [-0.2, -0.15) is 0 Å². The quantitative estimate of drug-likeness (QED) is 0.907. The summed E-state index contributed by atoms with van der Waals surface area (Å²) < 4.78 is 19.1. The highest BCUT2D eigenvalue weighted by atomic mass is 19.1. The first-order valence-corrected chi connectivity index (χ1v) is 7.64. The third-order valence-electron chi connectivity index (χ3n) is 3.88. The minimum Gasteiger partial charge on any atom is -0.445 e. The Labute approximate surface area is 138 Å². The lowest BCUT2D eigenvalue weighted by Crippen LogP contribution is -2.39. The Hall–Kier alpha value is -2.89. The van der Waals surface area contributed by atoms with Gasteiger partial charge in [-0.15, -0.1) is 0 Å². The predicted molar refractivity (Wildman–Crippen MR) is 85.5 cm³/mol. The first-order valence-electron chi connectivity index (χ1n) is 7.64. The van der Waals surface area contributed by atoms with Crippen molar-refractivity contribution in [2.45, 2.75) is 25.1 Å². The van der Waals surface area contributed by atoms with Crippen LogP contribution in [0.2, 0.25) is 0 Å². The van der Waals surface area contributed by atoms with E-state index in [1.165, 1.54) is 6.07 Å². The van der Waals surface area contributed by atoms with E-state index in [-0.39, 0.29) is 18.9 Å². The topological polar surface area (TPSA) is 67.4 Å². The second-order valence-electron chi connectivity index (χ2n) is 5.58. The Morgan fingerprint density at radius 1 is 1.17 bits per heavy atom. The minimum absolute atomic E-state index is 0.0828. The van der Waals surface area contributed by atoms with Crippen molar-refractivity contribution in [2.75, 3.05) is 0 Å². The smallest absolute Gasteiger partial charge is 0.407 e. The average Bonchev–Trinajstić information content (AvgIpc) is 2.94. The van der Waals surface area contributed by atoms with Crippen LogP contribution in [0.4, 0.5) is 9.18 Å². The number of benzene rings is 2. The van der Waals surface area contributed by atoms with Crippen LogP contribution < -0.4 is 10.6 Å². The summed E-state index contributed by atoms with van der Waals surface area (Å²) in [6.45, 7) is 0.130. The highest BCUT2D eigenvalue weighted by Crippen LogP contribution is 2.26. The molecule has 2 atom stereocenters. The van der Waals surface area contributed by atoms with Gasteiger partial charge in [-0.3, -0.25) is 4.79 Å². The summed E-state index contributed by atoms with van der Waals surface area (Å²) in [4.78, 5) is 23.7. The maximum Gasteiger partial charge on any atom is 0.407 e. The molecule has 1 aliphatic heterocycles. The molecule has 2 aromatic rings. The molecule has 0 radical (unpaired) electrons. The molecular formula is C18H17FN2O3. The highest BCUT2D eigenvalue weighted by Gasteiger charge is 2.36. The van der Waals surface area contributed by atoms with Gasteiger partial charge in [-0.1, -0.05) is 48.5 Å². The van der Waals surface area contributed by atoms with Gasteiger partial charge in [-0.25, -0.2) is 9.18 Å². The van der Waals surface area contributed by atoms with E-state index in [1.54, 1.807) is 18.2 Å². The van der Waals surface area contributed by atoms with Crippen molar-refractivity contribution in [3.05, 3.63) is 71.5 Å². The van der Waals surface area contributed by atoms with Crippen molar-refractivity contribution >= 4 is 12.0 Å². The van der Waals surface area contributed by atoms with Gasteiger partial charge >= 0.3 is 6.09 Å². The van der Waals surface area contributed by atoms with Crippen LogP contribution in [-0.4, -0.2) is 18.0 Å². The SMILES string of the molecule is O=C1CC(NC(=O)OCc2ccccc2)C(c2ccccc2F)N1. The summed E-state index contributed by atoms with van der Waals surface area (Å²) >= 11 is 0. The number of rotatable bonds is 4. The molecule has 24 heavy (non-hydrogen) atoms. The van der Waals surface area contributed by atoms with Crippen LogP contribution in [0.25, 0.3) is 0 Å². The van der Waals surface area contributed by atoms with Crippen molar-refractivity contribution in [3.8, 4) is 0 Å². The van der Waals surface area contributed by atoms with Gasteiger partial charge < -0.3 is 15.4 Å². The minimum atomic E-state index is -0.637. The van der Waals surface area contributed by atoms with Crippen molar-refractivity contribution in [3.63, 3.8) is 0 Å². The van der Waals surface area contributed by atoms with E-state index in [1.807, 2.05) is 30.3 Å². The van der Waals surface area contributed by atoms with Gasteiger partial charge in [0, 0.05) is 12.0 Å². The number of amides is 2. The predicted octanol–water partition coefficient (Wildman–Crippen LogP) is 2.68. The molecule has 1 aliphatic rings. The monoisotopic (exact) mass is 328 g/mol. The lowest BCUT2D eigenvalue weighted by atomic mass is 10.0. The first-order chi connectivity index (χ1) is 11.6. The molecule has 5 nitrogen and oxygen atoms in total. The molecule has 124 valence electrons. The van der Waals surface area contributed by atoms with Crippen LogP contribution >= 0.6 is 0 Å². The van der Waals surface area contributed by atoms with Gasteiger partial charge in [0.25, 0.3) is 0 Å². The van der Waals surface area contributed by atoms with E-state index in [2.05, 4.69) is 10.6 Å². The lowest BCUT2D eigenvalue weighted by molar-refractivity contribution is -0.119. The van der Waals surface area contributed by atoms with Gasteiger partial charge in [0.15, 0.2) is 0 Å². The molecule has 0 aromatic heterocycles. The highest BCUT2D eigenvalue weighted by molar-refractivity contribution is 5.81. The van der Waals surface area contributed by atoms with Crippen molar-refractivity contribution < 1.29 is 18.7 Å². The Balaban J connectivity index is 1.63. The number of ether oxygens (including phenoxy) is 1. The second kappa shape index (κ2) is 7.12. The summed E-state index contributed by atoms with van der Waals surface area (Å²) in [5.74, 6) is -0.661. The van der Waals surface area contributed by atoms with Gasteiger partial charge in [0.2, 0.25) is 5.91 Å². The summed E-state index contributed by atoms with van der Waals surface area (Å²) in [5, 5.41) is 5.34. The molecule has 0 bridgehead atoms. The summed E-state index contributed by atoms with van der Waals surface area (Å²) in [7, 11) is 0. The van der Waals surface area contributed by atoms with E-state index in [0.717, 1.165) is 5.56 Å². The number of carbonyl (C=O) groups is 2. The maximum absolute atomic E-state index is 14.0. The molecule has 3 rings (SSSR count).